The Balaban J connectivity index is 1.51. The maximum Gasteiger partial charge on any atom is 0.321 e. The van der Waals surface area contributed by atoms with Gasteiger partial charge in [-0.1, -0.05) is 65.8 Å². The second-order valence-corrected chi connectivity index (χ2v) is 7.20. The van der Waals surface area contributed by atoms with Crippen LogP contribution in [-0.2, 0) is 18.4 Å². The van der Waals surface area contributed by atoms with E-state index in [0.717, 1.165) is 11.1 Å². The SMILES string of the molecule is Cn1c(SCC(=O)NC(=O)NCc2ccccc2)nnc1-c1ccccc1Cl. The lowest BCUT2D eigenvalue weighted by molar-refractivity contribution is -0.117. The number of hydrogen-bond donors (Lipinski definition) is 2. The summed E-state index contributed by atoms with van der Waals surface area (Å²) < 4.78 is 1.76. The van der Waals surface area contributed by atoms with Crippen LogP contribution in [-0.4, -0.2) is 32.5 Å². The van der Waals surface area contributed by atoms with Gasteiger partial charge in [0.15, 0.2) is 11.0 Å². The Kier molecular flexibility index (Phi) is 6.67. The van der Waals surface area contributed by atoms with Crippen LogP contribution < -0.4 is 10.6 Å². The van der Waals surface area contributed by atoms with Crippen molar-refractivity contribution >= 4 is 35.3 Å². The molecule has 2 N–H and O–H groups in total. The molecule has 9 heteroatoms. The highest BCUT2D eigenvalue weighted by molar-refractivity contribution is 7.99. The Hall–Kier alpha value is -2.84. The van der Waals surface area contributed by atoms with Gasteiger partial charge in [-0.3, -0.25) is 10.1 Å². The number of amides is 3. The number of halogens is 1. The van der Waals surface area contributed by atoms with E-state index in [9.17, 15) is 9.59 Å². The van der Waals surface area contributed by atoms with Gasteiger partial charge in [-0.15, -0.1) is 10.2 Å². The number of benzene rings is 2. The number of rotatable bonds is 6. The number of imide groups is 1. The number of carbonyl (C=O) groups excluding carboxylic acids is 2. The summed E-state index contributed by atoms with van der Waals surface area (Å²) in [6, 6.07) is 16.2. The van der Waals surface area contributed by atoms with Gasteiger partial charge in [-0.05, 0) is 17.7 Å². The van der Waals surface area contributed by atoms with Gasteiger partial charge in [0, 0.05) is 19.2 Å². The van der Waals surface area contributed by atoms with Gasteiger partial charge in [0.2, 0.25) is 5.91 Å². The van der Waals surface area contributed by atoms with Gasteiger partial charge in [0.25, 0.3) is 0 Å². The molecule has 0 aliphatic heterocycles. The highest BCUT2D eigenvalue weighted by Crippen LogP contribution is 2.28. The summed E-state index contributed by atoms with van der Waals surface area (Å²) in [5.41, 5.74) is 1.71. The first-order valence-electron chi connectivity index (χ1n) is 8.43. The normalized spacial score (nSPS) is 10.5. The highest BCUT2D eigenvalue weighted by Gasteiger charge is 2.15. The lowest BCUT2D eigenvalue weighted by Crippen LogP contribution is -2.39. The molecule has 7 nitrogen and oxygen atoms in total. The number of carbonyl (C=O) groups is 2. The molecule has 0 atom stereocenters. The average molecular weight is 416 g/mol. The summed E-state index contributed by atoms with van der Waals surface area (Å²) in [5, 5.41) is 14.3. The lowest BCUT2D eigenvalue weighted by Gasteiger charge is -2.07. The molecule has 0 saturated carbocycles. The van der Waals surface area contributed by atoms with Crippen LogP contribution in [0.2, 0.25) is 5.02 Å². The van der Waals surface area contributed by atoms with E-state index in [1.807, 2.05) is 48.5 Å². The fourth-order valence-electron chi connectivity index (χ4n) is 2.43. The zero-order valence-electron chi connectivity index (χ0n) is 15.1. The molecule has 0 fully saturated rings. The van der Waals surface area contributed by atoms with Crippen LogP contribution >= 0.6 is 23.4 Å². The first kappa shape index (κ1) is 19.9. The van der Waals surface area contributed by atoms with Crippen LogP contribution in [0.5, 0.6) is 0 Å². The molecule has 3 amide bonds. The molecule has 0 unspecified atom stereocenters. The van der Waals surface area contributed by atoms with Crippen molar-refractivity contribution in [3.8, 4) is 11.4 Å². The molecule has 0 radical (unpaired) electrons. The third-order valence-electron chi connectivity index (χ3n) is 3.83. The van der Waals surface area contributed by atoms with Gasteiger partial charge in [-0.2, -0.15) is 0 Å². The topological polar surface area (TPSA) is 88.9 Å². The third-order valence-corrected chi connectivity index (χ3v) is 5.18. The van der Waals surface area contributed by atoms with Crippen molar-refractivity contribution in [2.45, 2.75) is 11.7 Å². The summed E-state index contributed by atoms with van der Waals surface area (Å²) in [4.78, 5) is 23.8. The van der Waals surface area contributed by atoms with E-state index in [2.05, 4.69) is 20.8 Å². The zero-order valence-corrected chi connectivity index (χ0v) is 16.6. The molecule has 3 aromatic rings. The number of aromatic nitrogens is 3. The van der Waals surface area contributed by atoms with E-state index in [1.165, 1.54) is 11.8 Å². The standard InChI is InChI=1S/C19H18ClN5O2S/c1-25-17(14-9-5-6-10-15(14)20)23-24-19(25)28-12-16(26)22-18(27)21-11-13-7-3-2-4-8-13/h2-10H,11-12H2,1H3,(H2,21,22,26,27). The molecule has 3 rings (SSSR count). The minimum Gasteiger partial charge on any atom is -0.334 e. The summed E-state index contributed by atoms with van der Waals surface area (Å²) in [7, 11) is 1.80. The van der Waals surface area contributed by atoms with Crippen LogP contribution in [0.15, 0.2) is 59.8 Å². The van der Waals surface area contributed by atoms with Crippen LogP contribution in [0.3, 0.4) is 0 Å². The minimum absolute atomic E-state index is 0.0350. The molecular weight excluding hydrogens is 398 g/mol. The third kappa shape index (κ3) is 5.11. The molecule has 0 saturated heterocycles. The second-order valence-electron chi connectivity index (χ2n) is 5.85. The second kappa shape index (κ2) is 9.38. The molecule has 2 aromatic carbocycles. The molecule has 0 bridgehead atoms. The van der Waals surface area contributed by atoms with Crippen molar-refractivity contribution in [2.24, 2.45) is 7.05 Å². The fourth-order valence-corrected chi connectivity index (χ4v) is 3.36. The smallest absolute Gasteiger partial charge is 0.321 e. The summed E-state index contributed by atoms with van der Waals surface area (Å²) in [6.07, 6.45) is 0. The van der Waals surface area contributed by atoms with Gasteiger partial charge in [0.1, 0.15) is 0 Å². The molecule has 1 heterocycles. The molecule has 28 heavy (non-hydrogen) atoms. The largest absolute Gasteiger partial charge is 0.334 e. The predicted octanol–water partition coefficient (Wildman–Crippen LogP) is 3.25. The number of thioether (sulfide) groups is 1. The highest BCUT2D eigenvalue weighted by atomic mass is 35.5. The van der Waals surface area contributed by atoms with Crippen LogP contribution in [0.25, 0.3) is 11.4 Å². The monoisotopic (exact) mass is 415 g/mol. The van der Waals surface area contributed by atoms with Crippen molar-refractivity contribution in [1.29, 1.82) is 0 Å². The molecule has 144 valence electrons. The maximum absolute atomic E-state index is 12.0. The van der Waals surface area contributed by atoms with Crippen molar-refractivity contribution in [3.63, 3.8) is 0 Å². The minimum atomic E-state index is -0.538. The summed E-state index contributed by atoms with van der Waals surface area (Å²) in [5.74, 6) is 0.222. The zero-order chi connectivity index (χ0) is 19.9. The Morgan fingerprint density at radius 3 is 2.54 bits per heavy atom. The van der Waals surface area contributed by atoms with E-state index in [4.69, 9.17) is 11.6 Å². The number of nitrogens with zero attached hydrogens (tertiary/aromatic N) is 3. The van der Waals surface area contributed by atoms with Gasteiger partial charge >= 0.3 is 6.03 Å². The summed E-state index contributed by atoms with van der Waals surface area (Å²) in [6.45, 7) is 0.345. The predicted molar refractivity (Wildman–Crippen MR) is 109 cm³/mol. The van der Waals surface area contributed by atoms with Gasteiger partial charge < -0.3 is 9.88 Å². The molecule has 0 aliphatic carbocycles. The maximum atomic E-state index is 12.0. The van der Waals surface area contributed by atoms with Crippen molar-refractivity contribution in [3.05, 3.63) is 65.2 Å². The van der Waals surface area contributed by atoms with Gasteiger partial charge in [0.05, 0.1) is 10.8 Å². The molecule has 1 aromatic heterocycles. The number of nitrogens with one attached hydrogen (secondary N) is 2. The van der Waals surface area contributed by atoms with E-state index in [1.54, 1.807) is 17.7 Å². The van der Waals surface area contributed by atoms with Crippen LogP contribution in [0.4, 0.5) is 4.79 Å². The summed E-state index contributed by atoms with van der Waals surface area (Å²) >= 11 is 7.39. The Bertz CT molecular complexity index is 977. The van der Waals surface area contributed by atoms with Crippen molar-refractivity contribution < 1.29 is 9.59 Å². The Morgan fingerprint density at radius 1 is 1.07 bits per heavy atom. The first-order chi connectivity index (χ1) is 13.5. The fraction of sp³-hybridized carbons (Fsp3) is 0.158. The molecule has 0 aliphatic rings. The number of urea groups is 1. The van der Waals surface area contributed by atoms with Crippen molar-refractivity contribution in [2.75, 3.05) is 5.75 Å². The molecular formula is C19H18ClN5O2S. The van der Waals surface area contributed by atoms with Crippen molar-refractivity contribution in [1.82, 2.24) is 25.4 Å². The number of hydrogen-bond acceptors (Lipinski definition) is 5. The molecule has 0 spiro atoms. The Labute approximate surface area is 171 Å². The van der Waals surface area contributed by atoms with Crippen LogP contribution in [0.1, 0.15) is 5.56 Å². The van der Waals surface area contributed by atoms with E-state index < -0.39 is 11.9 Å². The van der Waals surface area contributed by atoms with E-state index in [0.29, 0.717) is 22.5 Å². The average Bonchev–Trinajstić information content (AvgIpc) is 3.06. The lowest BCUT2D eigenvalue weighted by atomic mass is 10.2. The first-order valence-corrected chi connectivity index (χ1v) is 9.79. The van der Waals surface area contributed by atoms with E-state index in [-0.39, 0.29) is 5.75 Å². The van der Waals surface area contributed by atoms with Crippen LogP contribution in [0, 0.1) is 0 Å². The van der Waals surface area contributed by atoms with Gasteiger partial charge in [-0.25, -0.2) is 4.79 Å². The Morgan fingerprint density at radius 2 is 1.79 bits per heavy atom. The van der Waals surface area contributed by atoms with E-state index >= 15 is 0 Å². The quantitative estimate of drug-likeness (QED) is 0.603.